The molecule has 0 spiro atoms. The van der Waals surface area contributed by atoms with Crippen LogP contribution >= 0.6 is 0 Å². The van der Waals surface area contributed by atoms with Gasteiger partial charge < -0.3 is 9.88 Å². The summed E-state index contributed by atoms with van der Waals surface area (Å²) in [6, 6.07) is 0. The van der Waals surface area contributed by atoms with E-state index in [0.717, 1.165) is 12.4 Å². The molecule has 1 fully saturated rings. The number of amides is 1. The molecule has 0 bridgehead atoms. The third kappa shape index (κ3) is 3.05. The number of nitrogens with one attached hydrogen (secondary N) is 1. The van der Waals surface area contributed by atoms with E-state index in [1.165, 1.54) is 12.8 Å². The van der Waals surface area contributed by atoms with Crippen molar-refractivity contribution in [1.82, 2.24) is 20.1 Å². The monoisotopic (exact) mass is 236 g/mol. The minimum atomic E-state index is -0.327. The molecule has 1 aliphatic carbocycles. The predicted octanol–water partition coefficient (Wildman–Crippen LogP) is 1.32. The third-order valence-electron chi connectivity index (χ3n) is 2.91. The summed E-state index contributed by atoms with van der Waals surface area (Å²) in [7, 11) is 0. The molecule has 94 valence electrons. The van der Waals surface area contributed by atoms with E-state index in [-0.39, 0.29) is 11.3 Å². The van der Waals surface area contributed by atoms with Crippen LogP contribution in [0.25, 0.3) is 0 Å². The Morgan fingerprint density at radius 3 is 2.82 bits per heavy atom. The average molecular weight is 236 g/mol. The van der Waals surface area contributed by atoms with Gasteiger partial charge in [-0.3, -0.25) is 4.79 Å². The first-order valence-corrected chi connectivity index (χ1v) is 6.14. The minimum absolute atomic E-state index is 0.0820. The Morgan fingerprint density at radius 1 is 1.53 bits per heavy atom. The van der Waals surface area contributed by atoms with Crippen LogP contribution in [0.3, 0.4) is 0 Å². The van der Waals surface area contributed by atoms with Crippen LogP contribution in [0.4, 0.5) is 0 Å². The molecule has 2 rings (SSSR count). The van der Waals surface area contributed by atoms with Crippen LogP contribution in [-0.4, -0.2) is 27.2 Å². The van der Waals surface area contributed by atoms with Gasteiger partial charge in [0.1, 0.15) is 12.2 Å². The zero-order valence-electron chi connectivity index (χ0n) is 10.7. The first-order chi connectivity index (χ1) is 7.98. The van der Waals surface area contributed by atoms with Crippen LogP contribution in [0.15, 0.2) is 6.33 Å². The van der Waals surface area contributed by atoms with Crippen LogP contribution in [0.2, 0.25) is 0 Å². The highest BCUT2D eigenvalue weighted by molar-refractivity contribution is 5.81. The lowest BCUT2D eigenvalue weighted by Gasteiger charge is -2.17. The van der Waals surface area contributed by atoms with Crippen LogP contribution in [0.1, 0.15) is 45.4 Å². The molecule has 1 aromatic heterocycles. The standard InChI is InChI=1S/C12H20N4O/c1-12(2,3)11(17)13-6-7-16-8-14-15-10(16)9-4-5-9/h8-9H,4-7H2,1-3H3,(H,13,17). The van der Waals surface area contributed by atoms with E-state index < -0.39 is 0 Å². The zero-order valence-corrected chi connectivity index (χ0v) is 10.7. The van der Waals surface area contributed by atoms with Crippen molar-refractivity contribution in [2.75, 3.05) is 6.54 Å². The van der Waals surface area contributed by atoms with E-state index in [4.69, 9.17) is 0 Å². The van der Waals surface area contributed by atoms with Crippen molar-refractivity contribution in [3.8, 4) is 0 Å². The molecule has 5 heteroatoms. The quantitative estimate of drug-likeness (QED) is 0.857. The van der Waals surface area contributed by atoms with Crippen molar-refractivity contribution in [2.45, 2.75) is 46.1 Å². The minimum Gasteiger partial charge on any atom is -0.354 e. The van der Waals surface area contributed by atoms with Crippen LogP contribution in [0.5, 0.6) is 0 Å². The lowest BCUT2D eigenvalue weighted by Crippen LogP contribution is -2.36. The van der Waals surface area contributed by atoms with Gasteiger partial charge in [-0.25, -0.2) is 0 Å². The molecule has 1 saturated carbocycles. The third-order valence-corrected chi connectivity index (χ3v) is 2.91. The second kappa shape index (κ2) is 4.47. The van der Waals surface area contributed by atoms with Gasteiger partial charge in [-0.15, -0.1) is 10.2 Å². The van der Waals surface area contributed by atoms with Gasteiger partial charge >= 0.3 is 0 Å². The summed E-state index contributed by atoms with van der Waals surface area (Å²) in [4.78, 5) is 11.7. The van der Waals surface area contributed by atoms with Crippen LogP contribution < -0.4 is 5.32 Å². The number of hydrogen-bond acceptors (Lipinski definition) is 3. The second-order valence-corrected chi connectivity index (χ2v) is 5.66. The van der Waals surface area contributed by atoms with Gasteiger partial charge in [-0.05, 0) is 12.8 Å². The van der Waals surface area contributed by atoms with Gasteiger partial charge in [0, 0.05) is 24.4 Å². The zero-order chi connectivity index (χ0) is 12.5. The van der Waals surface area contributed by atoms with Crippen molar-refractivity contribution >= 4 is 5.91 Å². The Morgan fingerprint density at radius 2 is 2.24 bits per heavy atom. The summed E-state index contributed by atoms with van der Waals surface area (Å²) in [6.45, 7) is 7.12. The first-order valence-electron chi connectivity index (χ1n) is 6.14. The van der Waals surface area contributed by atoms with E-state index in [9.17, 15) is 4.79 Å². The Balaban J connectivity index is 1.82. The molecule has 1 aliphatic rings. The summed E-state index contributed by atoms with van der Waals surface area (Å²) < 4.78 is 2.04. The van der Waals surface area contributed by atoms with Crippen molar-refractivity contribution in [1.29, 1.82) is 0 Å². The van der Waals surface area contributed by atoms with Crippen molar-refractivity contribution in [2.24, 2.45) is 5.41 Å². The number of carbonyl (C=O) groups is 1. The van der Waals surface area contributed by atoms with E-state index in [1.54, 1.807) is 6.33 Å². The fourth-order valence-corrected chi connectivity index (χ4v) is 1.65. The molecule has 0 atom stereocenters. The van der Waals surface area contributed by atoms with Crippen LogP contribution in [-0.2, 0) is 11.3 Å². The fraction of sp³-hybridized carbons (Fsp3) is 0.750. The molecule has 1 amide bonds. The van der Waals surface area contributed by atoms with E-state index in [0.29, 0.717) is 12.5 Å². The van der Waals surface area contributed by atoms with Gasteiger partial charge in [-0.1, -0.05) is 20.8 Å². The maximum Gasteiger partial charge on any atom is 0.225 e. The van der Waals surface area contributed by atoms with E-state index in [2.05, 4.69) is 15.5 Å². The number of nitrogens with zero attached hydrogens (tertiary/aromatic N) is 3. The molecule has 5 nitrogen and oxygen atoms in total. The van der Waals surface area contributed by atoms with Gasteiger partial charge in [0.25, 0.3) is 0 Å². The lowest BCUT2D eigenvalue weighted by molar-refractivity contribution is -0.128. The normalized spacial score (nSPS) is 15.9. The molecule has 0 saturated heterocycles. The molecule has 0 aliphatic heterocycles. The first kappa shape index (κ1) is 12.1. The van der Waals surface area contributed by atoms with Crippen LogP contribution in [0, 0.1) is 5.41 Å². The molecule has 0 radical (unpaired) electrons. The Kier molecular flexibility index (Phi) is 3.17. The number of hydrogen-bond donors (Lipinski definition) is 1. The summed E-state index contributed by atoms with van der Waals surface area (Å²) in [5.41, 5.74) is -0.327. The maximum atomic E-state index is 11.7. The summed E-state index contributed by atoms with van der Waals surface area (Å²) in [6.07, 6.45) is 4.18. The molecular formula is C12H20N4O. The predicted molar refractivity (Wildman–Crippen MR) is 64.5 cm³/mol. The SMILES string of the molecule is CC(C)(C)C(=O)NCCn1cnnc1C1CC1. The van der Waals surface area contributed by atoms with E-state index >= 15 is 0 Å². The van der Waals surface area contributed by atoms with Crippen molar-refractivity contribution < 1.29 is 4.79 Å². The highest BCUT2D eigenvalue weighted by Gasteiger charge is 2.28. The molecule has 1 heterocycles. The smallest absolute Gasteiger partial charge is 0.225 e. The molecule has 0 unspecified atom stereocenters. The number of aromatic nitrogens is 3. The molecule has 1 N–H and O–H groups in total. The van der Waals surface area contributed by atoms with Gasteiger partial charge in [0.05, 0.1) is 0 Å². The summed E-state index contributed by atoms with van der Waals surface area (Å²) >= 11 is 0. The molecule has 1 aromatic rings. The Bertz CT molecular complexity index is 401. The highest BCUT2D eigenvalue weighted by Crippen LogP contribution is 2.38. The van der Waals surface area contributed by atoms with Gasteiger partial charge in [-0.2, -0.15) is 0 Å². The van der Waals surface area contributed by atoms with Crippen molar-refractivity contribution in [3.63, 3.8) is 0 Å². The number of rotatable bonds is 4. The largest absolute Gasteiger partial charge is 0.354 e. The highest BCUT2D eigenvalue weighted by atomic mass is 16.2. The molecular weight excluding hydrogens is 216 g/mol. The Hall–Kier alpha value is -1.39. The maximum absolute atomic E-state index is 11.7. The van der Waals surface area contributed by atoms with E-state index in [1.807, 2.05) is 25.3 Å². The fourth-order valence-electron chi connectivity index (χ4n) is 1.65. The lowest BCUT2D eigenvalue weighted by atomic mass is 9.96. The summed E-state index contributed by atoms with van der Waals surface area (Å²) in [5, 5.41) is 11.0. The Labute approximate surface area is 102 Å². The van der Waals surface area contributed by atoms with Gasteiger partial charge in [0.15, 0.2) is 0 Å². The topological polar surface area (TPSA) is 59.8 Å². The van der Waals surface area contributed by atoms with Gasteiger partial charge in [0.2, 0.25) is 5.91 Å². The van der Waals surface area contributed by atoms with Crippen molar-refractivity contribution in [3.05, 3.63) is 12.2 Å². The second-order valence-electron chi connectivity index (χ2n) is 5.66. The average Bonchev–Trinajstić information content (AvgIpc) is 2.98. The molecule has 17 heavy (non-hydrogen) atoms. The number of carbonyl (C=O) groups excluding carboxylic acids is 1. The summed E-state index contributed by atoms with van der Waals surface area (Å²) in [5.74, 6) is 1.74. The molecule has 0 aromatic carbocycles.